The van der Waals surface area contributed by atoms with E-state index in [2.05, 4.69) is 20.9 Å². The van der Waals surface area contributed by atoms with Crippen LogP contribution in [0.25, 0.3) is 10.9 Å². The molecule has 1 aromatic heterocycles. The third-order valence-corrected chi connectivity index (χ3v) is 4.06. The predicted molar refractivity (Wildman–Crippen MR) is 85.6 cm³/mol. The number of rotatable bonds is 2. The van der Waals surface area contributed by atoms with E-state index in [9.17, 15) is 4.79 Å². The van der Waals surface area contributed by atoms with E-state index in [1.54, 1.807) is 12.3 Å². The van der Waals surface area contributed by atoms with Crippen molar-refractivity contribution in [1.29, 1.82) is 0 Å². The van der Waals surface area contributed by atoms with E-state index in [0.29, 0.717) is 16.1 Å². The standard InChI is InChI=1S/C16H11BrClNO/c1-9-2-3-10(17)6-12(9)16(20)14-8-19-15-5-4-11(18)7-13(14)15/h2-8,19H,1H3. The maximum atomic E-state index is 12.7. The zero-order chi connectivity index (χ0) is 14.3. The van der Waals surface area contributed by atoms with Gasteiger partial charge in [0.05, 0.1) is 0 Å². The summed E-state index contributed by atoms with van der Waals surface area (Å²) in [5.74, 6) is -0.00248. The third kappa shape index (κ3) is 2.28. The van der Waals surface area contributed by atoms with Gasteiger partial charge in [-0.05, 0) is 42.8 Å². The minimum Gasteiger partial charge on any atom is -0.360 e. The molecule has 2 nitrogen and oxygen atoms in total. The van der Waals surface area contributed by atoms with Gasteiger partial charge in [-0.3, -0.25) is 4.79 Å². The molecule has 0 aliphatic carbocycles. The molecule has 0 spiro atoms. The molecule has 0 fully saturated rings. The van der Waals surface area contributed by atoms with E-state index >= 15 is 0 Å². The Morgan fingerprint density at radius 3 is 2.75 bits per heavy atom. The Bertz CT molecular complexity index is 822. The largest absolute Gasteiger partial charge is 0.360 e. The van der Waals surface area contributed by atoms with E-state index in [1.807, 2.05) is 37.3 Å². The highest BCUT2D eigenvalue weighted by molar-refractivity contribution is 9.10. The highest BCUT2D eigenvalue weighted by atomic mass is 79.9. The number of aromatic nitrogens is 1. The van der Waals surface area contributed by atoms with Crippen LogP contribution in [0.5, 0.6) is 0 Å². The number of ketones is 1. The van der Waals surface area contributed by atoms with Crippen LogP contribution >= 0.6 is 27.5 Å². The number of halogens is 2. The molecule has 3 aromatic rings. The number of hydrogen-bond donors (Lipinski definition) is 1. The monoisotopic (exact) mass is 347 g/mol. The molecule has 2 aromatic carbocycles. The Morgan fingerprint density at radius 1 is 1.15 bits per heavy atom. The van der Waals surface area contributed by atoms with Crippen LogP contribution in [-0.2, 0) is 0 Å². The fraction of sp³-hybridized carbons (Fsp3) is 0.0625. The van der Waals surface area contributed by atoms with Gasteiger partial charge in [0, 0.05) is 37.7 Å². The molecule has 0 aliphatic rings. The van der Waals surface area contributed by atoms with E-state index in [-0.39, 0.29) is 5.78 Å². The van der Waals surface area contributed by atoms with Gasteiger partial charge in [0.25, 0.3) is 0 Å². The van der Waals surface area contributed by atoms with Crippen LogP contribution < -0.4 is 0 Å². The van der Waals surface area contributed by atoms with Crippen LogP contribution in [-0.4, -0.2) is 10.8 Å². The van der Waals surface area contributed by atoms with Crippen LogP contribution in [0.1, 0.15) is 21.5 Å². The van der Waals surface area contributed by atoms with Gasteiger partial charge in [0.15, 0.2) is 5.78 Å². The maximum Gasteiger partial charge on any atom is 0.195 e. The quantitative estimate of drug-likeness (QED) is 0.640. The first-order chi connectivity index (χ1) is 9.56. The van der Waals surface area contributed by atoms with Crippen molar-refractivity contribution in [3.05, 3.63) is 68.8 Å². The average Bonchev–Trinajstić information content (AvgIpc) is 2.83. The van der Waals surface area contributed by atoms with Crippen molar-refractivity contribution in [2.45, 2.75) is 6.92 Å². The number of hydrogen-bond acceptors (Lipinski definition) is 1. The highest BCUT2D eigenvalue weighted by Gasteiger charge is 2.16. The minimum absolute atomic E-state index is 0.00248. The summed E-state index contributed by atoms with van der Waals surface area (Å²) < 4.78 is 0.893. The lowest BCUT2D eigenvalue weighted by molar-refractivity contribution is 0.103. The number of nitrogens with one attached hydrogen (secondary N) is 1. The van der Waals surface area contributed by atoms with Gasteiger partial charge in [-0.15, -0.1) is 0 Å². The second kappa shape index (κ2) is 5.08. The predicted octanol–water partition coefficient (Wildman–Crippen LogP) is 5.12. The summed E-state index contributed by atoms with van der Waals surface area (Å²) in [6.45, 7) is 1.93. The normalized spacial score (nSPS) is 10.9. The molecule has 0 aliphatic heterocycles. The van der Waals surface area contributed by atoms with Crippen molar-refractivity contribution in [2.75, 3.05) is 0 Å². The highest BCUT2D eigenvalue weighted by Crippen LogP contribution is 2.26. The molecule has 3 rings (SSSR count). The fourth-order valence-corrected chi connectivity index (χ4v) is 2.80. The molecular formula is C16H11BrClNO. The number of H-pyrrole nitrogens is 1. The van der Waals surface area contributed by atoms with Crippen molar-refractivity contribution in [2.24, 2.45) is 0 Å². The first-order valence-electron chi connectivity index (χ1n) is 6.14. The van der Waals surface area contributed by atoms with Crippen LogP contribution in [0.3, 0.4) is 0 Å². The van der Waals surface area contributed by atoms with Gasteiger partial charge in [0.1, 0.15) is 0 Å². The summed E-state index contributed by atoms with van der Waals surface area (Å²) in [5.41, 5.74) is 3.20. The molecule has 0 unspecified atom stereocenters. The lowest BCUT2D eigenvalue weighted by Crippen LogP contribution is -2.03. The van der Waals surface area contributed by atoms with Crippen molar-refractivity contribution in [3.8, 4) is 0 Å². The molecule has 0 bridgehead atoms. The smallest absolute Gasteiger partial charge is 0.195 e. The van der Waals surface area contributed by atoms with Crippen molar-refractivity contribution in [1.82, 2.24) is 4.98 Å². The SMILES string of the molecule is Cc1ccc(Br)cc1C(=O)c1c[nH]c2ccc(Cl)cc12. The molecule has 1 N–H and O–H groups in total. The summed E-state index contributed by atoms with van der Waals surface area (Å²) >= 11 is 9.43. The summed E-state index contributed by atoms with van der Waals surface area (Å²) in [6.07, 6.45) is 1.74. The molecule has 20 heavy (non-hydrogen) atoms. The van der Waals surface area contributed by atoms with E-state index in [0.717, 1.165) is 20.9 Å². The molecule has 100 valence electrons. The maximum absolute atomic E-state index is 12.7. The Kier molecular flexibility index (Phi) is 3.40. The van der Waals surface area contributed by atoms with E-state index in [4.69, 9.17) is 11.6 Å². The molecule has 0 amide bonds. The zero-order valence-electron chi connectivity index (χ0n) is 10.7. The van der Waals surface area contributed by atoms with Crippen LogP contribution in [0, 0.1) is 6.92 Å². The molecule has 1 heterocycles. The van der Waals surface area contributed by atoms with E-state index < -0.39 is 0 Å². The first kappa shape index (κ1) is 13.4. The molecular weight excluding hydrogens is 338 g/mol. The van der Waals surface area contributed by atoms with Crippen molar-refractivity contribution < 1.29 is 4.79 Å². The lowest BCUT2D eigenvalue weighted by Gasteiger charge is -2.05. The number of aryl methyl sites for hydroxylation is 1. The number of benzene rings is 2. The molecule has 0 saturated heterocycles. The second-order valence-corrected chi connectivity index (χ2v) is 6.03. The number of carbonyl (C=O) groups is 1. The van der Waals surface area contributed by atoms with Gasteiger partial charge in [-0.1, -0.05) is 33.6 Å². The topological polar surface area (TPSA) is 32.9 Å². The van der Waals surface area contributed by atoms with Crippen molar-refractivity contribution >= 4 is 44.2 Å². The minimum atomic E-state index is -0.00248. The van der Waals surface area contributed by atoms with Crippen LogP contribution in [0.4, 0.5) is 0 Å². The van der Waals surface area contributed by atoms with E-state index in [1.165, 1.54) is 0 Å². The van der Waals surface area contributed by atoms with Gasteiger partial charge in [-0.2, -0.15) is 0 Å². The molecule has 4 heteroatoms. The van der Waals surface area contributed by atoms with Crippen LogP contribution in [0.2, 0.25) is 5.02 Å². The zero-order valence-corrected chi connectivity index (χ0v) is 13.0. The number of aromatic amines is 1. The molecule has 0 saturated carbocycles. The Labute approximate surface area is 129 Å². The van der Waals surface area contributed by atoms with Gasteiger partial charge in [-0.25, -0.2) is 0 Å². The third-order valence-electron chi connectivity index (χ3n) is 3.33. The summed E-state index contributed by atoms with van der Waals surface area (Å²) in [4.78, 5) is 15.8. The first-order valence-corrected chi connectivity index (χ1v) is 7.31. The van der Waals surface area contributed by atoms with Gasteiger partial charge in [0.2, 0.25) is 0 Å². The summed E-state index contributed by atoms with van der Waals surface area (Å²) in [7, 11) is 0. The average molecular weight is 349 g/mol. The second-order valence-electron chi connectivity index (χ2n) is 4.68. The number of carbonyl (C=O) groups excluding carboxylic acids is 1. The van der Waals surface area contributed by atoms with Gasteiger partial charge < -0.3 is 4.98 Å². The summed E-state index contributed by atoms with van der Waals surface area (Å²) in [6, 6.07) is 11.2. The Balaban J connectivity index is 2.17. The lowest BCUT2D eigenvalue weighted by atomic mass is 9.99. The van der Waals surface area contributed by atoms with Crippen molar-refractivity contribution in [3.63, 3.8) is 0 Å². The Hall–Kier alpha value is -1.58. The Morgan fingerprint density at radius 2 is 1.95 bits per heavy atom. The summed E-state index contributed by atoms with van der Waals surface area (Å²) in [5, 5.41) is 1.47. The number of fused-ring (bicyclic) bond motifs is 1. The molecule has 0 radical (unpaired) electrons. The molecule has 0 atom stereocenters. The van der Waals surface area contributed by atoms with Gasteiger partial charge >= 0.3 is 0 Å². The fourth-order valence-electron chi connectivity index (χ4n) is 2.26. The van der Waals surface area contributed by atoms with Crippen LogP contribution in [0.15, 0.2) is 47.1 Å².